The molecule has 2 heterocycles. The Morgan fingerprint density at radius 1 is 1.20 bits per heavy atom. The van der Waals surface area contributed by atoms with Gasteiger partial charge in [0.2, 0.25) is 5.82 Å². The number of nitroso groups, excluding NO2 is 1. The highest BCUT2D eigenvalue weighted by Crippen LogP contribution is 2.33. The summed E-state index contributed by atoms with van der Waals surface area (Å²) in [6.45, 7) is 1.84. The Labute approximate surface area is 112 Å². The van der Waals surface area contributed by atoms with Gasteiger partial charge < -0.3 is 0 Å². The quantitative estimate of drug-likeness (QED) is 0.663. The van der Waals surface area contributed by atoms with Crippen molar-refractivity contribution in [3.8, 4) is 11.3 Å². The van der Waals surface area contributed by atoms with E-state index in [0.29, 0.717) is 5.65 Å². The number of halogens is 2. The number of hydrogen-bond donors (Lipinski definition) is 0. The predicted octanol–water partition coefficient (Wildman–Crippen LogP) is 3.99. The Balaban J connectivity index is 2.36. The lowest BCUT2D eigenvalue weighted by Crippen LogP contribution is -1.87. The molecule has 3 aromatic rings. The normalized spacial score (nSPS) is 10.9. The zero-order chi connectivity index (χ0) is 14.3. The second-order valence-corrected chi connectivity index (χ2v) is 4.43. The maximum Gasteiger partial charge on any atom is 0.209 e. The summed E-state index contributed by atoms with van der Waals surface area (Å²) < 4.78 is 28.6. The fraction of sp³-hybridized carbons (Fsp3) is 0.0714. The topological polar surface area (TPSA) is 46.7 Å². The number of aromatic nitrogens is 2. The molecule has 0 bridgehead atoms. The molecule has 0 unspecified atom stereocenters. The van der Waals surface area contributed by atoms with Gasteiger partial charge in [-0.05, 0) is 41.9 Å². The lowest BCUT2D eigenvalue weighted by Gasteiger charge is -2.00. The van der Waals surface area contributed by atoms with Crippen LogP contribution < -0.4 is 0 Å². The summed E-state index contributed by atoms with van der Waals surface area (Å²) in [5.41, 5.74) is 1.29. The number of benzene rings is 1. The van der Waals surface area contributed by atoms with Crippen molar-refractivity contribution in [1.29, 1.82) is 0 Å². The molecule has 4 nitrogen and oxygen atoms in total. The summed E-state index contributed by atoms with van der Waals surface area (Å²) in [4.78, 5) is 15.2. The first-order valence-corrected chi connectivity index (χ1v) is 5.87. The molecule has 0 aliphatic heterocycles. The van der Waals surface area contributed by atoms with E-state index in [-0.39, 0.29) is 17.1 Å². The van der Waals surface area contributed by atoms with Crippen molar-refractivity contribution in [2.75, 3.05) is 0 Å². The number of nitrogens with zero attached hydrogens (tertiary/aromatic N) is 3. The van der Waals surface area contributed by atoms with E-state index in [4.69, 9.17) is 0 Å². The first kappa shape index (κ1) is 12.4. The fourth-order valence-electron chi connectivity index (χ4n) is 2.09. The van der Waals surface area contributed by atoms with E-state index >= 15 is 0 Å². The van der Waals surface area contributed by atoms with Gasteiger partial charge in [-0.2, -0.15) is 0 Å². The maximum absolute atomic E-state index is 13.8. The standard InChI is InChI=1S/C14H9F2N3O/c1-8-2-5-12-17-13(14(18-20)19(12)7-8)10-6-9(15)3-4-11(10)16/h2-7H,1H3. The van der Waals surface area contributed by atoms with Crippen LogP contribution in [0.15, 0.2) is 41.7 Å². The van der Waals surface area contributed by atoms with Crippen LogP contribution >= 0.6 is 0 Å². The highest BCUT2D eigenvalue weighted by molar-refractivity contribution is 5.75. The van der Waals surface area contributed by atoms with Crippen molar-refractivity contribution >= 4 is 11.5 Å². The van der Waals surface area contributed by atoms with Gasteiger partial charge in [0.05, 0.1) is 0 Å². The predicted molar refractivity (Wildman–Crippen MR) is 70.7 cm³/mol. The van der Waals surface area contributed by atoms with Crippen molar-refractivity contribution in [3.63, 3.8) is 0 Å². The summed E-state index contributed by atoms with van der Waals surface area (Å²) in [7, 11) is 0. The van der Waals surface area contributed by atoms with Crippen LogP contribution in [0.2, 0.25) is 0 Å². The Kier molecular flexibility index (Phi) is 2.78. The van der Waals surface area contributed by atoms with E-state index < -0.39 is 11.6 Å². The largest absolute Gasteiger partial charge is 0.281 e. The maximum atomic E-state index is 13.8. The van der Waals surface area contributed by atoms with E-state index in [2.05, 4.69) is 10.2 Å². The molecule has 0 radical (unpaired) electrons. The number of rotatable bonds is 2. The molecule has 2 aromatic heterocycles. The summed E-state index contributed by atoms with van der Waals surface area (Å²) >= 11 is 0. The third-order valence-electron chi connectivity index (χ3n) is 3.01. The minimum atomic E-state index is -0.656. The molecule has 0 spiro atoms. The second kappa shape index (κ2) is 4.48. The van der Waals surface area contributed by atoms with E-state index in [1.54, 1.807) is 12.3 Å². The van der Waals surface area contributed by atoms with Crippen LogP contribution in [0.3, 0.4) is 0 Å². The van der Waals surface area contributed by atoms with Gasteiger partial charge in [0.25, 0.3) is 0 Å². The van der Waals surface area contributed by atoms with E-state index in [9.17, 15) is 13.7 Å². The summed E-state index contributed by atoms with van der Waals surface area (Å²) in [5.74, 6) is -1.31. The second-order valence-electron chi connectivity index (χ2n) is 4.43. The molecule has 0 amide bonds. The van der Waals surface area contributed by atoms with Gasteiger partial charge in [0.15, 0.2) is 0 Å². The molecule has 0 fully saturated rings. The Hall–Kier alpha value is -2.63. The Morgan fingerprint density at radius 2 is 2.00 bits per heavy atom. The van der Waals surface area contributed by atoms with Gasteiger partial charge in [0.1, 0.15) is 23.0 Å². The van der Waals surface area contributed by atoms with Gasteiger partial charge >= 0.3 is 0 Å². The molecular formula is C14H9F2N3O. The molecule has 100 valence electrons. The van der Waals surface area contributed by atoms with E-state index in [0.717, 1.165) is 23.8 Å². The molecule has 0 atom stereocenters. The molecule has 1 aromatic carbocycles. The summed E-state index contributed by atoms with van der Waals surface area (Å²) in [5, 5.41) is 2.91. The number of hydrogen-bond acceptors (Lipinski definition) is 3. The first-order chi connectivity index (χ1) is 9.60. The van der Waals surface area contributed by atoms with E-state index in [1.165, 1.54) is 4.40 Å². The average Bonchev–Trinajstić information content (AvgIpc) is 2.79. The van der Waals surface area contributed by atoms with Crippen LogP contribution in [-0.4, -0.2) is 9.38 Å². The number of imidazole rings is 1. The minimum absolute atomic E-state index is 0.0302. The number of fused-ring (bicyclic) bond motifs is 1. The molecule has 3 rings (SSSR count). The van der Waals surface area contributed by atoms with Gasteiger partial charge in [0, 0.05) is 11.8 Å². The van der Waals surface area contributed by atoms with Crippen molar-refractivity contribution in [3.05, 3.63) is 58.6 Å². The SMILES string of the molecule is Cc1ccc2nc(-c3cc(F)ccc3F)c(N=O)n2c1. The van der Waals surface area contributed by atoms with Crippen LogP contribution in [0, 0.1) is 23.5 Å². The van der Waals surface area contributed by atoms with Crippen molar-refractivity contribution in [2.24, 2.45) is 5.18 Å². The Bertz CT molecular complexity index is 827. The lowest BCUT2D eigenvalue weighted by molar-refractivity contribution is 0.603. The van der Waals surface area contributed by atoms with Crippen LogP contribution in [-0.2, 0) is 0 Å². The van der Waals surface area contributed by atoms with Crippen LogP contribution in [0.5, 0.6) is 0 Å². The molecule has 6 heteroatoms. The summed E-state index contributed by atoms with van der Waals surface area (Å²) in [6, 6.07) is 6.49. The lowest BCUT2D eigenvalue weighted by atomic mass is 10.1. The number of aryl methyl sites for hydroxylation is 1. The van der Waals surface area contributed by atoms with Gasteiger partial charge in [-0.1, -0.05) is 6.07 Å². The van der Waals surface area contributed by atoms with Crippen molar-refractivity contribution in [1.82, 2.24) is 9.38 Å². The fourth-order valence-corrected chi connectivity index (χ4v) is 2.09. The molecule has 0 N–H and O–H groups in total. The molecule has 0 aliphatic rings. The third kappa shape index (κ3) is 1.85. The summed E-state index contributed by atoms with van der Waals surface area (Å²) in [6.07, 6.45) is 1.67. The minimum Gasteiger partial charge on any atom is -0.281 e. The highest BCUT2D eigenvalue weighted by Gasteiger charge is 2.18. The van der Waals surface area contributed by atoms with E-state index in [1.807, 2.05) is 13.0 Å². The molecule has 0 saturated heterocycles. The molecule has 0 aliphatic carbocycles. The smallest absolute Gasteiger partial charge is 0.209 e. The highest BCUT2D eigenvalue weighted by atomic mass is 19.1. The van der Waals surface area contributed by atoms with Crippen LogP contribution in [0.1, 0.15) is 5.56 Å². The average molecular weight is 273 g/mol. The molecule has 0 saturated carbocycles. The van der Waals surface area contributed by atoms with Gasteiger partial charge in [-0.3, -0.25) is 4.40 Å². The third-order valence-corrected chi connectivity index (χ3v) is 3.01. The van der Waals surface area contributed by atoms with Crippen LogP contribution in [0.25, 0.3) is 16.9 Å². The van der Waals surface area contributed by atoms with Crippen LogP contribution in [0.4, 0.5) is 14.6 Å². The monoisotopic (exact) mass is 273 g/mol. The Morgan fingerprint density at radius 3 is 2.75 bits per heavy atom. The molecular weight excluding hydrogens is 264 g/mol. The molecule has 20 heavy (non-hydrogen) atoms. The van der Waals surface area contributed by atoms with Gasteiger partial charge in [-0.25, -0.2) is 13.8 Å². The number of pyridine rings is 1. The zero-order valence-corrected chi connectivity index (χ0v) is 10.5. The zero-order valence-electron chi connectivity index (χ0n) is 10.5. The van der Waals surface area contributed by atoms with Crippen molar-refractivity contribution in [2.45, 2.75) is 6.92 Å². The van der Waals surface area contributed by atoms with Crippen molar-refractivity contribution < 1.29 is 8.78 Å². The van der Waals surface area contributed by atoms with Gasteiger partial charge in [-0.15, -0.1) is 4.91 Å². The first-order valence-electron chi connectivity index (χ1n) is 5.87.